The van der Waals surface area contributed by atoms with Crippen molar-refractivity contribution < 1.29 is 18.6 Å². The van der Waals surface area contributed by atoms with Crippen LogP contribution in [0.3, 0.4) is 0 Å². The van der Waals surface area contributed by atoms with Crippen molar-refractivity contribution in [2.75, 3.05) is 20.3 Å². The fourth-order valence-electron chi connectivity index (χ4n) is 1.67. The first-order chi connectivity index (χ1) is 8.56. The molecule has 2 unspecified atom stereocenters. The molecule has 0 aliphatic heterocycles. The molecule has 3 nitrogen and oxygen atoms in total. The molecule has 1 aromatic rings. The van der Waals surface area contributed by atoms with Crippen molar-refractivity contribution in [2.24, 2.45) is 0 Å². The number of aliphatic hydroxyl groups is 1. The van der Waals surface area contributed by atoms with Gasteiger partial charge >= 0.3 is 0 Å². The molecule has 5 heteroatoms. The van der Waals surface area contributed by atoms with E-state index >= 15 is 0 Å². The molecule has 0 bridgehead atoms. The molecule has 2 N–H and O–H groups in total. The van der Waals surface area contributed by atoms with Gasteiger partial charge in [-0.1, -0.05) is 0 Å². The normalized spacial score (nSPS) is 14.5. The van der Waals surface area contributed by atoms with Gasteiger partial charge in [-0.05, 0) is 38.1 Å². The van der Waals surface area contributed by atoms with Crippen LogP contribution in [0.2, 0.25) is 0 Å². The monoisotopic (exact) mass is 259 g/mol. The van der Waals surface area contributed by atoms with Crippen LogP contribution in [-0.2, 0) is 4.74 Å². The molecule has 0 heterocycles. The first-order valence-corrected chi connectivity index (χ1v) is 5.91. The lowest BCUT2D eigenvalue weighted by atomic mass is 10.0. The largest absolute Gasteiger partial charge is 0.387 e. The lowest BCUT2D eigenvalue weighted by molar-refractivity contribution is 0.128. The SMILES string of the molecule is COCCCNC(C)C(O)c1cc(F)ccc1F. The summed E-state index contributed by atoms with van der Waals surface area (Å²) in [6, 6.07) is 2.71. The number of hydrogen-bond donors (Lipinski definition) is 2. The van der Waals surface area contributed by atoms with E-state index in [1.165, 1.54) is 0 Å². The van der Waals surface area contributed by atoms with Crippen LogP contribution < -0.4 is 5.32 Å². The van der Waals surface area contributed by atoms with Crippen molar-refractivity contribution in [1.82, 2.24) is 5.32 Å². The van der Waals surface area contributed by atoms with E-state index in [-0.39, 0.29) is 11.6 Å². The van der Waals surface area contributed by atoms with E-state index in [1.54, 1.807) is 14.0 Å². The van der Waals surface area contributed by atoms with Gasteiger partial charge in [-0.15, -0.1) is 0 Å². The highest BCUT2D eigenvalue weighted by Crippen LogP contribution is 2.21. The Morgan fingerprint density at radius 2 is 2.11 bits per heavy atom. The summed E-state index contributed by atoms with van der Waals surface area (Å²) in [6.07, 6.45) is -0.289. The molecule has 0 saturated heterocycles. The van der Waals surface area contributed by atoms with E-state index in [9.17, 15) is 13.9 Å². The zero-order valence-electron chi connectivity index (χ0n) is 10.6. The summed E-state index contributed by atoms with van der Waals surface area (Å²) in [5.41, 5.74) is -0.0262. The Labute approximate surface area is 106 Å². The van der Waals surface area contributed by atoms with E-state index in [2.05, 4.69) is 5.32 Å². The van der Waals surface area contributed by atoms with Crippen LogP contribution in [0.15, 0.2) is 18.2 Å². The zero-order valence-corrected chi connectivity index (χ0v) is 10.6. The molecule has 0 radical (unpaired) electrons. The van der Waals surface area contributed by atoms with Crippen LogP contribution in [0, 0.1) is 11.6 Å². The maximum atomic E-state index is 13.4. The first-order valence-electron chi connectivity index (χ1n) is 5.91. The highest BCUT2D eigenvalue weighted by atomic mass is 19.1. The molecule has 0 aliphatic rings. The van der Waals surface area contributed by atoms with Gasteiger partial charge in [0.05, 0.1) is 6.10 Å². The Bertz CT molecular complexity index is 374. The molecule has 0 amide bonds. The second kappa shape index (κ2) is 7.41. The van der Waals surface area contributed by atoms with Crippen LogP contribution in [0.5, 0.6) is 0 Å². The Hall–Kier alpha value is -1.04. The van der Waals surface area contributed by atoms with Gasteiger partial charge in [0.1, 0.15) is 11.6 Å². The van der Waals surface area contributed by atoms with Crippen LogP contribution in [0.4, 0.5) is 8.78 Å². The number of methoxy groups -OCH3 is 1. The lowest BCUT2D eigenvalue weighted by Crippen LogP contribution is -2.33. The Morgan fingerprint density at radius 1 is 1.39 bits per heavy atom. The molecule has 1 aromatic carbocycles. The Kier molecular flexibility index (Phi) is 6.18. The van der Waals surface area contributed by atoms with E-state index in [0.717, 1.165) is 24.6 Å². The highest BCUT2D eigenvalue weighted by molar-refractivity contribution is 5.22. The quantitative estimate of drug-likeness (QED) is 0.736. The van der Waals surface area contributed by atoms with Crippen molar-refractivity contribution in [1.29, 1.82) is 0 Å². The minimum absolute atomic E-state index is 0.0262. The maximum Gasteiger partial charge on any atom is 0.129 e. The third-order valence-electron chi connectivity index (χ3n) is 2.74. The van der Waals surface area contributed by atoms with Gasteiger partial charge < -0.3 is 15.2 Å². The molecule has 102 valence electrons. The highest BCUT2D eigenvalue weighted by Gasteiger charge is 2.19. The molecule has 0 spiro atoms. The van der Waals surface area contributed by atoms with Crippen molar-refractivity contribution >= 4 is 0 Å². The summed E-state index contributed by atoms with van der Waals surface area (Å²) < 4.78 is 31.3. The second-order valence-corrected chi connectivity index (χ2v) is 4.20. The molecule has 0 aromatic heterocycles. The fourth-order valence-corrected chi connectivity index (χ4v) is 1.67. The molecule has 2 atom stereocenters. The van der Waals surface area contributed by atoms with Gasteiger partial charge in [0, 0.05) is 25.3 Å². The molecular formula is C13H19F2NO2. The predicted molar refractivity (Wildman–Crippen MR) is 65.3 cm³/mol. The molecule has 0 aliphatic carbocycles. The molecule has 1 rings (SSSR count). The standard InChI is InChI=1S/C13H19F2NO2/c1-9(16-6-3-7-18-2)13(17)11-8-10(14)4-5-12(11)15/h4-5,8-9,13,16-17H,3,6-7H2,1-2H3. The molecule has 18 heavy (non-hydrogen) atoms. The maximum absolute atomic E-state index is 13.4. The van der Waals surface area contributed by atoms with Gasteiger partial charge in [-0.25, -0.2) is 8.78 Å². The summed E-state index contributed by atoms with van der Waals surface area (Å²) in [5, 5.41) is 13.0. The van der Waals surface area contributed by atoms with Crippen molar-refractivity contribution in [3.63, 3.8) is 0 Å². The van der Waals surface area contributed by atoms with Gasteiger partial charge in [-0.2, -0.15) is 0 Å². The van der Waals surface area contributed by atoms with Crippen molar-refractivity contribution in [3.8, 4) is 0 Å². The van der Waals surface area contributed by atoms with E-state index in [1.807, 2.05) is 0 Å². The minimum atomic E-state index is -1.08. The third-order valence-corrected chi connectivity index (χ3v) is 2.74. The number of hydrogen-bond acceptors (Lipinski definition) is 3. The Morgan fingerprint density at radius 3 is 2.78 bits per heavy atom. The summed E-state index contributed by atoms with van der Waals surface area (Å²) in [5.74, 6) is -1.16. The molecular weight excluding hydrogens is 240 g/mol. The van der Waals surface area contributed by atoms with Gasteiger partial charge in [0.15, 0.2) is 0 Å². The smallest absolute Gasteiger partial charge is 0.129 e. The topological polar surface area (TPSA) is 41.5 Å². The van der Waals surface area contributed by atoms with Gasteiger partial charge in [-0.3, -0.25) is 0 Å². The second-order valence-electron chi connectivity index (χ2n) is 4.20. The predicted octanol–water partition coefficient (Wildman–Crippen LogP) is 2.01. The summed E-state index contributed by atoms with van der Waals surface area (Å²) in [4.78, 5) is 0. The van der Waals surface area contributed by atoms with Gasteiger partial charge in [0.2, 0.25) is 0 Å². The van der Waals surface area contributed by atoms with E-state index in [4.69, 9.17) is 4.74 Å². The average Bonchev–Trinajstić information content (AvgIpc) is 2.36. The first kappa shape index (κ1) is 15.0. The van der Waals surface area contributed by atoms with E-state index < -0.39 is 17.7 Å². The van der Waals surface area contributed by atoms with E-state index in [0.29, 0.717) is 13.2 Å². The van der Waals surface area contributed by atoms with Crippen LogP contribution in [0.1, 0.15) is 25.0 Å². The molecule has 0 saturated carbocycles. The fraction of sp³-hybridized carbons (Fsp3) is 0.538. The number of benzene rings is 1. The van der Waals surface area contributed by atoms with Crippen molar-refractivity contribution in [2.45, 2.75) is 25.5 Å². The number of nitrogens with one attached hydrogen (secondary N) is 1. The van der Waals surface area contributed by atoms with Crippen LogP contribution in [-0.4, -0.2) is 31.4 Å². The number of rotatable bonds is 7. The molecule has 0 fully saturated rings. The number of aliphatic hydroxyl groups excluding tert-OH is 1. The minimum Gasteiger partial charge on any atom is -0.387 e. The third kappa shape index (κ3) is 4.33. The summed E-state index contributed by atoms with van der Waals surface area (Å²) in [7, 11) is 1.61. The van der Waals surface area contributed by atoms with Gasteiger partial charge in [0.25, 0.3) is 0 Å². The van der Waals surface area contributed by atoms with Crippen LogP contribution in [0.25, 0.3) is 0 Å². The van der Waals surface area contributed by atoms with Crippen molar-refractivity contribution in [3.05, 3.63) is 35.4 Å². The average molecular weight is 259 g/mol. The number of ether oxygens (including phenoxy) is 1. The lowest BCUT2D eigenvalue weighted by Gasteiger charge is -2.21. The summed E-state index contributed by atoms with van der Waals surface area (Å²) in [6.45, 7) is 2.98. The van der Waals surface area contributed by atoms with Crippen LogP contribution >= 0.6 is 0 Å². The Balaban J connectivity index is 2.56. The zero-order chi connectivity index (χ0) is 13.5. The number of halogens is 2. The summed E-state index contributed by atoms with van der Waals surface area (Å²) >= 11 is 0.